The van der Waals surface area contributed by atoms with E-state index in [9.17, 15) is 4.79 Å². The Morgan fingerprint density at radius 1 is 0.886 bits per heavy atom. The molecular weight excluding hydrogens is 459 g/mol. The van der Waals surface area contributed by atoms with Crippen molar-refractivity contribution in [2.75, 3.05) is 17.5 Å². The zero-order valence-electron chi connectivity index (χ0n) is 20.5. The van der Waals surface area contributed by atoms with Crippen molar-refractivity contribution in [3.8, 4) is 0 Å². The van der Waals surface area contributed by atoms with E-state index >= 15 is 0 Å². The molecule has 178 valence electrons. The Labute approximate surface area is 211 Å². The molecule has 0 radical (unpaired) electrons. The molecule has 0 saturated carbocycles. The molecule has 0 bridgehead atoms. The van der Waals surface area contributed by atoms with Crippen molar-refractivity contribution in [3.63, 3.8) is 0 Å². The molecule has 0 spiro atoms. The van der Waals surface area contributed by atoms with Crippen molar-refractivity contribution >= 4 is 59.2 Å². The van der Waals surface area contributed by atoms with Gasteiger partial charge in [-0.15, -0.1) is 0 Å². The smallest absolute Gasteiger partial charge is 0.405 e. The number of rotatable bonds is 4. The summed E-state index contributed by atoms with van der Waals surface area (Å²) in [5, 5.41) is 12.6. The molecule has 0 aromatic heterocycles. The van der Waals surface area contributed by atoms with Gasteiger partial charge >= 0.3 is 14.1 Å². The molecule has 3 N–H and O–H groups in total. The second-order valence-corrected chi connectivity index (χ2v) is 10.3. The quantitative estimate of drug-likeness (QED) is 0.349. The zero-order chi connectivity index (χ0) is 25.0. The minimum Gasteiger partial charge on any atom is -0.405 e. The van der Waals surface area contributed by atoms with Gasteiger partial charge in [-0.2, -0.15) is 0 Å². The van der Waals surface area contributed by atoms with Gasteiger partial charge in [-0.25, -0.2) is 0 Å². The van der Waals surface area contributed by atoms with Gasteiger partial charge in [0.1, 0.15) is 0 Å². The molecule has 1 amide bonds. The fourth-order valence-electron chi connectivity index (χ4n) is 4.66. The van der Waals surface area contributed by atoms with Crippen molar-refractivity contribution < 1.29 is 14.1 Å². The van der Waals surface area contributed by atoms with Gasteiger partial charge in [0.05, 0.1) is 11.2 Å². The van der Waals surface area contributed by atoms with Crippen molar-refractivity contribution in [1.29, 1.82) is 0 Å². The maximum Gasteiger partial charge on any atom is 0.495 e. The lowest BCUT2D eigenvalue weighted by Crippen LogP contribution is -2.46. The minimum atomic E-state index is -0.802. The first-order valence-electron chi connectivity index (χ1n) is 11.7. The maximum absolute atomic E-state index is 13.6. The number of benzene rings is 3. The van der Waals surface area contributed by atoms with Gasteiger partial charge in [-0.05, 0) is 62.3 Å². The Hall–Kier alpha value is -2.93. The van der Waals surface area contributed by atoms with E-state index in [1.165, 1.54) is 0 Å². The molecule has 2 aliphatic heterocycles. The third-order valence-electron chi connectivity index (χ3n) is 7.21. The van der Waals surface area contributed by atoms with E-state index in [-0.39, 0.29) is 5.91 Å². The predicted octanol–water partition coefficient (Wildman–Crippen LogP) is 5.19. The van der Waals surface area contributed by atoms with Crippen LogP contribution in [0, 0.1) is 0 Å². The first-order chi connectivity index (χ1) is 16.6. The molecule has 3 aromatic rings. The van der Waals surface area contributed by atoms with Crippen molar-refractivity contribution in [3.05, 3.63) is 76.7 Å². The van der Waals surface area contributed by atoms with Gasteiger partial charge < -0.3 is 25.1 Å². The molecule has 35 heavy (non-hydrogen) atoms. The standard InChI is InChI=1S/C26H28B2ClN3O3/c1-25(2)26(3,4)35-28(34-25)22(17-12-6-7-13-18(17)29)23(24(33)30-5)27-31-19-14-8-10-16-11-9-15-20(32-27)21(16)19/h6-15,31-32H,1-5H3,(H,30,33)/b23-22+. The molecule has 3 aromatic carbocycles. The van der Waals surface area contributed by atoms with E-state index in [1.54, 1.807) is 13.1 Å². The Morgan fingerprint density at radius 3 is 2.00 bits per heavy atom. The Kier molecular flexibility index (Phi) is 5.86. The summed E-state index contributed by atoms with van der Waals surface area (Å²) in [5.41, 5.74) is 2.42. The van der Waals surface area contributed by atoms with Gasteiger partial charge in [-0.1, -0.05) is 54.1 Å². The van der Waals surface area contributed by atoms with Gasteiger partial charge in [0.2, 0.25) is 5.91 Å². The van der Waals surface area contributed by atoms with E-state index in [4.69, 9.17) is 20.9 Å². The number of hydrogen-bond acceptors (Lipinski definition) is 5. The lowest BCUT2D eigenvalue weighted by molar-refractivity contribution is -0.116. The van der Waals surface area contributed by atoms with Crippen LogP contribution in [0.25, 0.3) is 16.2 Å². The van der Waals surface area contributed by atoms with Crippen LogP contribution >= 0.6 is 11.6 Å². The van der Waals surface area contributed by atoms with Crippen LogP contribution in [0.5, 0.6) is 0 Å². The summed E-state index contributed by atoms with van der Waals surface area (Å²) in [5.74, 6) is -0.258. The van der Waals surface area contributed by atoms with Crippen molar-refractivity contribution in [1.82, 2.24) is 5.32 Å². The monoisotopic (exact) mass is 487 g/mol. The summed E-state index contributed by atoms with van der Waals surface area (Å²) in [7, 11) is 0.817. The van der Waals surface area contributed by atoms with Crippen molar-refractivity contribution in [2.45, 2.75) is 38.9 Å². The van der Waals surface area contributed by atoms with Crippen LogP contribution in [0.15, 0.2) is 66.1 Å². The first-order valence-corrected chi connectivity index (χ1v) is 12.1. The largest absolute Gasteiger partial charge is 0.495 e. The van der Waals surface area contributed by atoms with Crippen LogP contribution in [0.4, 0.5) is 11.4 Å². The summed E-state index contributed by atoms with van der Waals surface area (Å²) in [6.07, 6.45) is 0. The third kappa shape index (κ3) is 3.99. The van der Waals surface area contributed by atoms with Crippen LogP contribution in [-0.4, -0.2) is 38.3 Å². The molecule has 0 unspecified atom stereocenters. The lowest BCUT2D eigenvalue weighted by atomic mass is 9.56. The Morgan fingerprint density at radius 2 is 1.46 bits per heavy atom. The summed E-state index contributed by atoms with van der Waals surface area (Å²) >= 11 is 6.70. The summed E-state index contributed by atoms with van der Waals surface area (Å²) in [6, 6.07) is 19.6. The highest BCUT2D eigenvalue weighted by Crippen LogP contribution is 2.43. The number of likely N-dealkylation sites (N-methyl/N-ethyl adjacent to an activating group) is 1. The summed E-state index contributed by atoms with van der Waals surface area (Å²) in [4.78, 5) is 13.6. The summed E-state index contributed by atoms with van der Waals surface area (Å²) < 4.78 is 12.9. The fourth-order valence-corrected chi connectivity index (χ4v) is 4.89. The molecule has 9 heteroatoms. The lowest BCUT2D eigenvalue weighted by Gasteiger charge is -2.32. The summed E-state index contributed by atoms with van der Waals surface area (Å²) in [6.45, 7) is 7.41. The number of nitrogens with one attached hydrogen (secondary N) is 3. The minimum absolute atomic E-state index is 0.258. The van der Waals surface area contributed by atoms with E-state index in [1.807, 2.05) is 70.2 Å². The zero-order valence-corrected chi connectivity index (χ0v) is 21.3. The highest BCUT2D eigenvalue weighted by molar-refractivity contribution is 6.85. The molecule has 1 fully saturated rings. The van der Waals surface area contributed by atoms with E-state index in [0.29, 0.717) is 21.5 Å². The van der Waals surface area contributed by atoms with Crippen LogP contribution < -0.4 is 15.8 Å². The molecule has 2 heterocycles. The van der Waals surface area contributed by atoms with Crippen LogP contribution in [0.3, 0.4) is 0 Å². The SMILES string of the molecule is CNC(=O)/C(B1Nc2cccc3cccc(c23)N1)=C(\B1OC(C)(C)C(C)(C)O1)c1ccccc1Cl. The number of amides is 1. The average molecular weight is 488 g/mol. The van der Waals surface area contributed by atoms with E-state index in [0.717, 1.165) is 22.1 Å². The van der Waals surface area contributed by atoms with Gasteiger partial charge in [-0.3, -0.25) is 4.79 Å². The topological polar surface area (TPSA) is 71.6 Å². The average Bonchev–Trinajstić information content (AvgIpc) is 3.04. The normalized spacial score (nSPS) is 18.6. The Balaban J connectivity index is 1.72. The second-order valence-electron chi connectivity index (χ2n) is 9.91. The highest BCUT2D eigenvalue weighted by atomic mass is 35.5. The van der Waals surface area contributed by atoms with E-state index < -0.39 is 25.3 Å². The van der Waals surface area contributed by atoms with Gasteiger partial charge in [0.15, 0.2) is 0 Å². The van der Waals surface area contributed by atoms with Crippen LogP contribution in [0.2, 0.25) is 5.02 Å². The van der Waals surface area contributed by atoms with Gasteiger partial charge in [0, 0.05) is 34.3 Å². The molecule has 5 rings (SSSR count). The molecule has 0 aliphatic carbocycles. The van der Waals surface area contributed by atoms with Crippen LogP contribution in [-0.2, 0) is 14.1 Å². The van der Waals surface area contributed by atoms with Crippen molar-refractivity contribution in [2.24, 2.45) is 0 Å². The van der Waals surface area contributed by atoms with E-state index in [2.05, 4.69) is 27.9 Å². The Bertz CT molecular complexity index is 1300. The molecule has 6 nitrogen and oxygen atoms in total. The molecular formula is C26H28B2ClN3O3. The number of carbonyl (C=O) groups excluding carboxylic acids is 1. The predicted molar refractivity (Wildman–Crippen MR) is 145 cm³/mol. The molecule has 1 saturated heterocycles. The first kappa shape index (κ1) is 23.8. The molecule has 2 aliphatic rings. The number of anilines is 2. The highest BCUT2D eigenvalue weighted by Gasteiger charge is 2.54. The fraction of sp³-hybridized carbons (Fsp3) is 0.269. The number of carbonyl (C=O) groups is 1. The maximum atomic E-state index is 13.6. The number of halogens is 1. The number of hydrogen-bond donors (Lipinski definition) is 3. The third-order valence-corrected chi connectivity index (χ3v) is 7.54. The van der Waals surface area contributed by atoms with Crippen LogP contribution in [0.1, 0.15) is 33.3 Å². The molecule has 0 atom stereocenters. The second kappa shape index (κ2) is 8.63. The van der Waals surface area contributed by atoms with Gasteiger partial charge in [0.25, 0.3) is 0 Å².